The third-order valence-electron chi connectivity index (χ3n) is 6.57. The molecule has 5 aromatic carbocycles. The Hall–Kier alpha value is -1.84. The number of nitrogen functional groups attached to an aromatic ring is 1. The second kappa shape index (κ2) is 37.0. The molecule has 0 heterocycles. The molecule has 0 saturated carbocycles. The fraction of sp³-hybridized carbons (Fsp3) is 0.119. The van der Waals surface area contributed by atoms with Gasteiger partial charge in [-0.05, 0) is 116 Å². The number of aldehydes is 1. The lowest BCUT2D eigenvalue weighted by molar-refractivity contribution is -0.148. The van der Waals surface area contributed by atoms with Crippen LogP contribution >= 0.6 is 209 Å². The minimum atomic E-state index is -0.525. The van der Waals surface area contributed by atoms with Gasteiger partial charge >= 0.3 is 5.97 Å². The van der Waals surface area contributed by atoms with E-state index < -0.39 is 11.6 Å². The summed E-state index contributed by atoms with van der Waals surface area (Å²) >= 11 is 87.9. The number of esters is 1. The van der Waals surface area contributed by atoms with E-state index in [0.717, 1.165) is 3.57 Å². The molecular weight excluding hydrogens is 1370 g/mol. The highest BCUT2D eigenvalue weighted by molar-refractivity contribution is 14.1. The lowest BCUT2D eigenvalue weighted by Gasteiger charge is -2.17. The SMILES string of the molecule is C.CC(C)(C)OC(=O)/C=C/c1cc(Cl)c(Cl)cc1Cl.Cl.Clc1cc(Cl)c(I)cc1Cl.NC(N)=N/N=C/c1cc(Cl)c(Cl)cc1Cl.NN=C(N)N.Nc1cc(Cl)c(Cl)cc1Cl.O=Cc1cc(Cl)c(Cl)cc1Cl. The highest BCUT2D eigenvalue weighted by Crippen LogP contribution is 2.33. The number of anilines is 1. The molecule has 0 spiro atoms. The van der Waals surface area contributed by atoms with Crippen LogP contribution in [0.2, 0.25) is 75.3 Å². The van der Waals surface area contributed by atoms with Gasteiger partial charge in [-0.2, -0.15) is 5.10 Å². The maximum Gasteiger partial charge on any atom is 0.331 e. The number of guanidine groups is 2. The van der Waals surface area contributed by atoms with E-state index in [1.165, 1.54) is 48.7 Å². The number of halogens is 17. The van der Waals surface area contributed by atoms with Crippen molar-refractivity contribution in [2.75, 3.05) is 5.73 Å². The smallest absolute Gasteiger partial charge is 0.331 e. The molecule has 0 bridgehead atoms. The summed E-state index contributed by atoms with van der Waals surface area (Å²) in [5, 5.41) is 16.1. The molecule has 5 rings (SSSR count). The second-order valence-corrected chi connectivity index (χ2v) is 20.4. The van der Waals surface area contributed by atoms with E-state index in [1.807, 2.05) is 0 Å². The van der Waals surface area contributed by atoms with Gasteiger partial charge in [0.05, 0.1) is 82.2 Å². The van der Waals surface area contributed by atoms with Crippen molar-refractivity contribution in [3.05, 3.63) is 162 Å². The van der Waals surface area contributed by atoms with Gasteiger partial charge < -0.3 is 39.2 Å². The van der Waals surface area contributed by atoms with Gasteiger partial charge in [0.1, 0.15) is 5.60 Å². The predicted molar refractivity (Wildman–Crippen MR) is 322 cm³/mol. The molecule has 0 unspecified atom stereocenters. The Kier molecular flexibility index (Phi) is 38.2. The van der Waals surface area contributed by atoms with Gasteiger partial charge in [-0.25, -0.2) is 4.79 Å². The first kappa shape index (κ1) is 73.4. The average molecular weight is 1410 g/mol. The van der Waals surface area contributed by atoms with Crippen molar-refractivity contribution in [1.29, 1.82) is 0 Å². The summed E-state index contributed by atoms with van der Waals surface area (Å²) in [6.45, 7) is 5.39. The topological polar surface area (TPSA) is 237 Å². The van der Waals surface area contributed by atoms with Crippen LogP contribution in [0.25, 0.3) is 6.08 Å². The molecule has 71 heavy (non-hydrogen) atoms. The van der Waals surface area contributed by atoms with Crippen LogP contribution in [0.5, 0.6) is 0 Å². The summed E-state index contributed by atoms with van der Waals surface area (Å²) < 4.78 is 6.04. The largest absolute Gasteiger partial charge is 0.457 e. The highest BCUT2D eigenvalue weighted by atomic mass is 127. The fourth-order valence-corrected chi connectivity index (χ4v) is 7.19. The average Bonchev–Trinajstić information content (AvgIpc) is 3.24. The van der Waals surface area contributed by atoms with Crippen LogP contribution in [-0.4, -0.2) is 36.0 Å². The summed E-state index contributed by atoms with van der Waals surface area (Å²) in [6, 6.07) is 15.5. The zero-order valence-corrected chi connectivity index (χ0v) is 49.9. The van der Waals surface area contributed by atoms with E-state index in [4.69, 9.17) is 207 Å². The lowest BCUT2D eigenvalue weighted by atomic mass is 10.2. The van der Waals surface area contributed by atoms with E-state index in [0.29, 0.717) is 104 Å². The van der Waals surface area contributed by atoms with Crippen LogP contribution in [0, 0.1) is 3.57 Å². The molecule has 0 aromatic heterocycles. The Balaban J connectivity index is -0.000000802. The second-order valence-electron chi connectivity index (χ2n) is 13.1. The summed E-state index contributed by atoms with van der Waals surface area (Å²) in [5.41, 5.74) is 26.4. The van der Waals surface area contributed by atoms with Crippen molar-refractivity contribution in [2.24, 2.45) is 44.1 Å². The van der Waals surface area contributed by atoms with Crippen molar-refractivity contribution in [1.82, 2.24) is 0 Å². The van der Waals surface area contributed by atoms with Gasteiger partial charge in [0.25, 0.3) is 0 Å². The van der Waals surface area contributed by atoms with Crippen molar-refractivity contribution >= 4 is 251 Å². The molecule has 12 N–H and O–H groups in total. The Morgan fingerprint density at radius 2 is 0.873 bits per heavy atom. The van der Waals surface area contributed by atoms with Gasteiger partial charge in [0, 0.05) is 25.8 Å². The monoisotopic (exact) mass is 1400 g/mol. The molecule has 0 amide bonds. The van der Waals surface area contributed by atoms with Crippen LogP contribution in [0.4, 0.5) is 5.69 Å². The number of carbonyl (C=O) groups excluding carboxylic acids is 2. The molecular formula is C42H40Cl16IN9O3. The number of rotatable bonds is 5. The highest BCUT2D eigenvalue weighted by Gasteiger charge is 2.14. The molecule has 12 nitrogen and oxygen atoms in total. The van der Waals surface area contributed by atoms with Gasteiger partial charge in [-0.15, -0.1) is 22.6 Å². The van der Waals surface area contributed by atoms with Crippen LogP contribution in [-0.2, 0) is 9.53 Å². The van der Waals surface area contributed by atoms with Crippen molar-refractivity contribution in [3.63, 3.8) is 0 Å². The molecule has 0 aliphatic rings. The minimum absolute atomic E-state index is 0. The van der Waals surface area contributed by atoms with Crippen LogP contribution < -0.4 is 34.5 Å². The quantitative estimate of drug-likeness (QED) is 0.00936. The first-order valence-electron chi connectivity index (χ1n) is 17.7. The maximum atomic E-state index is 11.5. The number of nitrogens with two attached hydrogens (primary N) is 6. The van der Waals surface area contributed by atoms with E-state index >= 15 is 0 Å². The van der Waals surface area contributed by atoms with E-state index in [9.17, 15) is 9.59 Å². The number of hydrogen-bond acceptors (Lipinski definition) is 8. The lowest BCUT2D eigenvalue weighted by Crippen LogP contribution is -2.23. The van der Waals surface area contributed by atoms with Gasteiger partial charge in [-0.3, -0.25) is 4.79 Å². The van der Waals surface area contributed by atoms with Gasteiger partial charge in [0.2, 0.25) is 11.9 Å². The van der Waals surface area contributed by atoms with Crippen molar-refractivity contribution < 1.29 is 14.3 Å². The summed E-state index contributed by atoms with van der Waals surface area (Å²) in [7, 11) is 0. The number of hydrazone groups is 1. The zero-order valence-electron chi connectivity index (χ0n) is 35.6. The fourth-order valence-electron chi connectivity index (χ4n) is 3.62. The standard InChI is InChI=1S/C13H13Cl3O2.C8H7Cl3N4.C7H3Cl3O.C6H2Cl3I.C6H4Cl3N.CH6N4.CH4.ClH/c1-13(2,3)18-12(17)5-4-8-6-10(15)11(16)7-9(8)14;9-5-2-7(11)6(10)1-4(5)3-14-15-8(12)13;8-5-2-7(10)6(9)1-4(5)3-11;2*7-3-1-5(9)6(10)2-4(3)8;2-1(3)5-4;;/h4-7H,1-3H3;1-3H,(H4,12,13,15);1-3H;1-2H;1-2H,10H2;4H2,(H4,2,3,5);1H4;1H/b5-4+;14-3+;;;;;;. The Bertz CT molecular complexity index is 2530. The normalized spacial score (nSPS) is 10.0. The first-order valence-corrected chi connectivity index (χ1v) is 24.5. The number of benzene rings is 5. The molecule has 0 aliphatic carbocycles. The van der Waals surface area contributed by atoms with Crippen LogP contribution in [0.3, 0.4) is 0 Å². The summed E-state index contributed by atoms with van der Waals surface area (Å²) in [6.07, 6.45) is 4.85. The van der Waals surface area contributed by atoms with Gasteiger partial charge in [0.15, 0.2) is 6.29 Å². The van der Waals surface area contributed by atoms with E-state index in [1.54, 1.807) is 51.1 Å². The molecule has 0 saturated heterocycles. The predicted octanol–water partition coefficient (Wildman–Crippen LogP) is 17.4. The van der Waals surface area contributed by atoms with Crippen LogP contribution in [0.15, 0.2) is 82.0 Å². The van der Waals surface area contributed by atoms with E-state index in [-0.39, 0.29) is 31.8 Å². The number of ether oxygens (including phenoxy) is 1. The summed E-state index contributed by atoms with van der Waals surface area (Å²) in [5.74, 6) is 3.84. The van der Waals surface area contributed by atoms with Gasteiger partial charge in [-0.1, -0.05) is 181 Å². The molecule has 29 heteroatoms. The molecule has 0 fully saturated rings. The number of nitrogens with zero attached hydrogens (tertiary/aromatic N) is 3. The summed E-state index contributed by atoms with van der Waals surface area (Å²) in [4.78, 5) is 21.8. The number of carbonyl (C=O) groups is 2. The number of hydrogen-bond donors (Lipinski definition) is 6. The minimum Gasteiger partial charge on any atom is -0.457 e. The molecule has 0 atom stereocenters. The van der Waals surface area contributed by atoms with E-state index in [2.05, 4.69) is 43.7 Å². The molecule has 5 aromatic rings. The zero-order chi connectivity index (χ0) is 53.5. The Labute approximate surface area is 505 Å². The first-order chi connectivity index (χ1) is 31.8. The molecule has 0 aliphatic heterocycles. The maximum absolute atomic E-state index is 11.5. The molecule has 390 valence electrons. The van der Waals surface area contributed by atoms with Crippen molar-refractivity contribution in [2.45, 2.75) is 33.8 Å². The molecule has 0 radical (unpaired) electrons. The third kappa shape index (κ3) is 31.0. The Morgan fingerprint density at radius 3 is 1.25 bits per heavy atom. The van der Waals surface area contributed by atoms with Crippen LogP contribution in [0.1, 0.15) is 49.7 Å². The Morgan fingerprint density at radius 1 is 0.535 bits per heavy atom. The third-order valence-corrected chi connectivity index (χ3v) is 13.0. The van der Waals surface area contributed by atoms with Crippen molar-refractivity contribution in [3.8, 4) is 0 Å².